The number of rotatable bonds is 9. The SMILES string of the molecule is CCCC1(CC(=O)O)Nc2cccc(N(Cc3ccccc3)S(=O)(=O)c3cccc(F)c3)c2N1. The molecular weight excluding hydrogens is 457 g/mol. The van der Waals surface area contributed by atoms with E-state index in [1.807, 2.05) is 37.3 Å². The van der Waals surface area contributed by atoms with Gasteiger partial charge in [0.05, 0.1) is 34.9 Å². The van der Waals surface area contributed by atoms with E-state index in [9.17, 15) is 22.7 Å². The molecule has 1 heterocycles. The summed E-state index contributed by atoms with van der Waals surface area (Å²) in [5.74, 6) is -1.63. The maximum atomic E-state index is 14.0. The number of anilines is 3. The van der Waals surface area contributed by atoms with E-state index < -0.39 is 27.5 Å². The summed E-state index contributed by atoms with van der Waals surface area (Å²) in [5, 5.41) is 16.0. The lowest BCUT2D eigenvalue weighted by atomic mass is 10.0. The van der Waals surface area contributed by atoms with Crippen LogP contribution in [0, 0.1) is 5.82 Å². The van der Waals surface area contributed by atoms with Crippen molar-refractivity contribution in [2.75, 3.05) is 14.9 Å². The number of halogens is 1. The van der Waals surface area contributed by atoms with E-state index in [1.54, 1.807) is 18.2 Å². The average molecular weight is 484 g/mol. The van der Waals surface area contributed by atoms with E-state index in [0.29, 0.717) is 29.9 Å². The number of aliphatic carboxylic acids is 1. The lowest BCUT2D eigenvalue weighted by Gasteiger charge is -2.30. The number of hydrogen-bond donors (Lipinski definition) is 3. The molecule has 3 N–H and O–H groups in total. The third kappa shape index (κ3) is 4.70. The normalized spacial score (nSPS) is 16.9. The Morgan fingerprint density at radius 1 is 1.03 bits per heavy atom. The molecule has 1 aliphatic heterocycles. The molecule has 1 unspecified atom stereocenters. The number of hydrogen-bond acceptors (Lipinski definition) is 5. The van der Waals surface area contributed by atoms with Crippen molar-refractivity contribution in [3.8, 4) is 0 Å². The Morgan fingerprint density at radius 3 is 2.44 bits per heavy atom. The molecule has 3 aromatic rings. The van der Waals surface area contributed by atoms with Crippen LogP contribution in [0.4, 0.5) is 21.5 Å². The quantitative estimate of drug-likeness (QED) is 0.395. The van der Waals surface area contributed by atoms with Crippen molar-refractivity contribution >= 4 is 33.1 Å². The Bertz CT molecular complexity index is 1300. The van der Waals surface area contributed by atoms with Gasteiger partial charge in [0.2, 0.25) is 0 Å². The van der Waals surface area contributed by atoms with Gasteiger partial charge in [-0.05, 0) is 42.3 Å². The van der Waals surface area contributed by atoms with Crippen LogP contribution < -0.4 is 14.9 Å². The van der Waals surface area contributed by atoms with Gasteiger partial charge in [-0.2, -0.15) is 0 Å². The second kappa shape index (κ2) is 9.34. The smallest absolute Gasteiger partial charge is 0.307 e. The van der Waals surface area contributed by atoms with Gasteiger partial charge in [-0.15, -0.1) is 0 Å². The van der Waals surface area contributed by atoms with Gasteiger partial charge in [0, 0.05) is 0 Å². The number of nitrogens with one attached hydrogen (secondary N) is 2. The number of benzene rings is 3. The molecule has 34 heavy (non-hydrogen) atoms. The van der Waals surface area contributed by atoms with Gasteiger partial charge in [0.25, 0.3) is 10.0 Å². The third-order valence-electron chi connectivity index (χ3n) is 5.73. The first kappa shape index (κ1) is 23.6. The zero-order chi connectivity index (χ0) is 24.3. The van der Waals surface area contributed by atoms with Crippen LogP contribution in [0.5, 0.6) is 0 Å². The summed E-state index contributed by atoms with van der Waals surface area (Å²) in [6, 6.07) is 19.2. The van der Waals surface area contributed by atoms with Crippen molar-refractivity contribution in [3.05, 3.63) is 84.2 Å². The minimum Gasteiger partial charge on any atom is -0.481 e. The number of carboxylic acids is 1. The molecule has 0 spiro atoms. The summed E-state index contributed by atoms with van der Waals surface area (Å²) in [6.45, 7) is 1.96. The fraction of sp³-hybridized carbons (Fsp3) is 0.240. The first-order valence-electron chi connectivity index (χ1n) is 11.0. The van der Waals surface area contributed by atoms with E-state index in [0.717, 1.165) is 11.6 Å². The molecule has 3 aromatic carbocycles. The van der Waals surface area contributed by atoms with E-state index in [4.69, 9.17) is 0 Å². The molecule has 0 saturated carbocycles. The molecule has 7 nitrogen and oxygen atoms in total. The maximum Gasteiger partial charge on any atom is 0.307 e. The van der Waals surface area contributed by atoms with Crippen LogP contribution in [0.1, 0.15) is 31.7 Å². The second-order valence-electron chi connectivity index (χ2n) is 8.31. The van der Waals surface area contributed by atoms with Gasteiger partial charge in [0.1, 0.15) is 11.5 Å². The highest BCUT2D eigenvalue weighted by Crippen LogP contribution is 2.45. The van der Waals surface area contributed by atoms with Crippen LogP contribution in [-0.4, -0.2) is 25.2 Å². The molecule has 0 bridgehead atoms. The van der Waals surface area contributed by atoms with Crippen molar-refractivity contribution in [2.45, 2.75) is 43.3 Å². The maximum absolute atomic E-state index is 14.0. The Balaban J connectivity index is 1.83. The number of sulfonamides is 1. The highest BCUT2D eigenvalue weighted by molar-refractivity contribution is 7.92. The number of fused-ring (bicyclic) bond motifs is 1. The summed E-state index contributed by atoms with van der Waals surface area (Å²) in [6.07, 6.45) is 1.04. The van der Waals surface area contributed by atoms with Crippen LogP contribution in [-0.2, 0) is 21.4 Å². The van der Waals surface area contributed by atoms with E-state index in [-0.39, 0.29) is 17.9 Å². The molecule has 0 saturated heterocycles. The van der Waals surface area contributed by atoms with Crippen LogP contribution in [0.3, 0.4) is 0 Å². The minimum atomic E-state index is -4.16. The van der Waals surface area contributed by atoms with Crippen LogP contribution in [0.15, 0.2) is 77.7 Å². The number of para-hydroxylation sites is 1. The van der Waals surface area contributed by atoms with Gasteiger partial charge in [-0.1, -0.05) is 55.8 Å². The Kier molecular flexibility index (Phi) is 6.47. The van der Waals surface area contributed by atoms with E-state index in [1.165, 1.54) is 22.5 Å². The van der Waals surface area contributed by atoms with Crippen molar-refractivity contribution in [1.82, 2.24) is 0 Å². The van der Waals surface area contributed by atoms with Gasteiger partial charge in [-0.25, -0.2) is 12.8 Å². The largest absolute Gasteiger partial charge is 0.481 e. The second-order valence-corrected chi connectivity index (χ2v) is 10.2. The lowest BCUT2D eigenvalue weighted by molar-refractivity contribution is -0.138. The highest BCUT2D eigenvalue weighted by Gasteiger charge is 2.40. The number of carboxylic acid groups (broad SMARTS) is 1. The topological polar surface area (TPSA) is 98.7 Å². The molecule has 9 heteroatoms. The Morgan fingerprint density at radius 2 is 1.76 bits per heavy atom. The van der Waals surface area contributed by atoms with Gasteiger partial charge < -0.3 is 15.7 Å². The summed E-state index contributed by atoms with van der Waals surface area (Å²) in [4.78, 5) is 11.4. The fourth-order valence-electron chi connectivity index (χ4n) is 4.30. The molecule has 1 aliphatic rings. The van der Waals surface area contributed by atoms with Crippen molar-refractivity contribution in [3.63, 3.8) is 0 Å². The van der Waals surface area contributed by atoms with Gasteiger partial charge in [0.15, 0.2) is 0 Å². The molecule has 178 valence electrons. The number of carbonyl (C=O) groups is 1. The zero-order valence-electron chi connectivity index (χ0n) is 18.7. The zero-order valence-corrected chi connectivity index (χ0v) is 19.5. The molecule has 0 amide bonds. The predicted molar refractivity (Wildman–Crippen MR) is 130 cm³/mol. The first-order chi connectivity index (χ1) is 16.2. The molecule has 0 radical (unpaired) electrons. The lowest BCUT2D eigenvalue weighted by Crippen LogP contribution is -2.44. The molecule has 0 aliphatic carbocycles. The molecule has 1 atom stereocenters. The predicted octanol–water partition coefficient (Wildman–Crippen LogP) is 5.03. The van der Waals surface area contributed by atoms with Crippen LogP contribution in [0.25, 0.3) is 0 Å². The van der Waals surface area contributed by atoms with Gasteiger partial charge >= 0.3 is 5.97 Å². The van der Waals surface area contributed by atoms with Crippen LogP contribution in [0.2, 0.25) is 0 Å². The molecule has 0 aromatic heterocycles. The standard InChI is InChI=1S/C25H26FN3O4S/c1-2-14-25(16-23(30)31)27-21-12-7-13-22(24(21)28-25)29(17-18-8-4-3-5-9-18)34(32,33)20-11-6-10-19(26)15-20/h3-13,15,27-28H,2,14,16-17H2,1H3,(H,30,31). The highest BCUT2D eigenvalue weighted by atomic mass is 32.2. The fourth-order valence-corrected chi connectivity index (χ4v) is 5.80. The first-order valence-corrected chi connectivity index (χ1v) is 12.4. The minimum absolute atomic E-state index is 0.0114. The summed E-state index contributed by atoms with van der Waals surface area (Å²) >= 11 is 0. The van der Waals surface area contributed by atoms with Gasteiger partial charge in [-0.3, -0.25) is 9.10 Å². The molecule has 0 fully saturated rings. The Hall–Kier alpha value is -3.59. The van der Waals surface area contributed by atoms with E-state index in [2.05, 4.69) is 10.6 Å². The summed E-state index contributed by atoms with van der Waals surface area (Å²) in [5.41, 5.74) is 1.26. The average Bonchev–Trinajstić information content (AvgIpc) is 3.15. The molecule has 4 rings (SSSR count). The van der Waals surface area contributed by atoms with Crippen LogP contribution >= 0.6 is 0 Å². The summed E-state index contributed by atoms with van der Waals surface area (Å²) < 4.78 is 42.7. The van der Waals surface area contributed by atoms with Crippen molar-refractivity contribution in [1.29, 1.82) is 0 Å². The molecular formula is C25H26FN3O4S. The summed E-state index contributed by atoms with van der Waals surface area (Å²) in [7, 11) is -4.16. The number of nitrogens with zero attached hydrogens (tertiary/aromatic N) is 1. The Labute approximate surface area is 198 Å². The van der Waals surface area contributed by atoms with E-state index >= 15 is 0 Å². The monoisotopic (exact) mass is 483 g/mol. The van der Waals surface area contributed by atoms with Crippen molar-refractivity contribution in [2.24, 2.45) is 0 Å². The van der Waals surface area contributed by atoms with Crippen molar-refractivity contribution < 1.29 is 22.7 Å². The third-order valence-corrected chi connectivity index (χ3v) is 7.49.